The highest BCUT2D eigenvalue weighted by Crippen LogP contribution is 2.22. The third kappa shape index (κ3) is 5.35. The van der Waals surface area contributed by atoms with Crippen molar-refractivity contribution in [2.24, 2.45) is 5.11 Å². The van der Waals surface area contributed by atoms with E-state index in [9.17, 15) is 4.79 Å². The molecule has 0 bridgehead atoms. The van der Waals surface area contributed by atoms with Crippen LogP contribution in [-0.2, 0) is 4.74 Å². The average Bonchev–Trinajstić information content (AvgIpc) is 2.53. The van der Waals surface area contributed by atoms with Crippen LogP contribution in [0.3, 0.4) is 0 Å². The van der Waals surface area contributed by atoms with E-state index in [1.165, 1.54) is 0 Å². The van der Waals surface area contributed by atoms with Crippen LogP contribution < -0.4 is 5.32 Å². The van der Waals surface area contributed by atoms with Gasteiger partial charge in [0, 0.05) is 29.4 Å². The van der Waals surface area contributed by atoms with E-state index >= 15 is 0 Å². The largest absolute Gasteiger partial charge is 0.444 e. The van der Waals surface area contributed by atoms with Gasteiger partial charge in [0.15, 0.2) is 0 Å². The number of nitrogens with one attached hydrogen (secondary N) is 1. The topological polar surface area (TPSA) is 90.3 Å². The Morgan fingerprint density at radius 3 is 2.71 bits per heavy atom. The van der Waals surface area contributed by atoms with Crippen molar-refractivity contribution in [3.05, 3.63) is 34.7 Å². The van der Waals surface area contributed by atoms with Crippen molar-refractivity contribution in [2.75, 3.05) is 18.4 Å². The van der Waals surface area contributed by atoms with Crippen LogP contribution in [-0.4, -0.2) is 35.7 Å². The molecule has 130 valence electrons. The first kappa shape index (κ1) is 17.9. The number of piperidine rings is 1. The maximum atomic E-state index is 12.4. The number of benzene rings is 1. The van der Waals surface area contributed by atoms with Crippen LogP contribution in [0.4, 0.5) is 16.2 Å². The van der Waals surface area contributed by atoms with Gasteiger partial charge in [0.05, 0.1) is 6.04 Å². The standard InChI is InChI=1S/C17H25N5O2/c1-17(2,3)24-16(23)22-11-5-4-6-15(22)12-19-13-7-9-14(10-8-13)20-21-18/h7-10,15,19H,4-6,11-12H2,1-3H3. The maximum Gasteiger partial charge on any atom is 0.410 e. The molecule has 1 aromatic rings. The molecule has 2 rings (SSSR count). The molecule has 1 saturated heterocycles. The van der Waals surface area contributed by atoms with Gasteiger partial charge in [-0.3, -0.25) is 0 Å². The summed E-state index contributed by atoms with van der Waals surface area (Å²) in [6.45, 7) is 7.05. The molecule has 7 heteroatoms. The van der Waals surface area contributed by atoms with Gasteiger partial charge in [-0.15, -0.1) is 0 Å². The molecule has 0 saturated carbocycles. The fourth-order valence-electron chi connectivity index (χ4n) is 2.71. The molecule has 1 aliphatic rings. The number of amides is 1. The number of anilines is 1. The van der Waals surface area contributed by atoms with Crippen LogP contribution in [0.2, 0.25) is 0 Å². The van der Waals surface area contributed by atoms with Crippen LogP contribution in [0.5, 0.6) is 0 Å². The summed E-state index contributed by atoms with van der Waals surface area (Å²) in [6.07, 6.45) is 2.84. The summed E-state index contributed by atoms with van der Waals surface area (Å²) in [5.74, 6) is 0. The van der Waals surface area contributed by atoms with Gasteiger partial charge in [-0.1, -0.05) is 17.2 Å². The molecular weight excluding hydrogens is 306 g/mol. The lowest BCUT2D eigenvalue weighted by Crippen LogP contribution is -2.48. The second-order valence-electron chi connectivity index (χ2n) is 6.94. The van der Waals surface area contributed by atoms with Crippen molar-refractivity contribution in [3.8, 4) is 0 Å². The molecule has 24 heavy (non-hydrogen) atoms. The SMILES string of the molecule is CC(C)(C)OC(=O)N1CCCCC1CNc1ccc(N=[N+]=[N-])cc1. The highest BCUT2D eigenvalue weighted by atomic mass is 16.6. The number of likely N-dealkylation sites (tertiary alicyclic amines) is 1. The lowest BCUT2D eigenvalue weighted by molar-refractivity contribution is 0.0114. The molecule has 1 fully saturated rings. The molecule has 7 nitrogen and oxygen atoms in total. The van der Waals surface area contributed by atoms with E-state index in [4.69, 9.17) is 10.3 Å². The van der Waals surface area contributed by atoms with E-state index in [-0.39, 0.29) is 12.1 Å². The van der Waals surface area contributed by atoms with Gasteiger partial charge in [-0.05, 0) is 57.7 Å². The van der Waals surface area contributed by atoms with E-state index in [1.54, 1.807) is 12.1 Å². The van der Waals surface area contributed by atoms with Gasteiger partial charge in [-0.25, -0.2) is 4.79 Å². The molecular formula is C17H25N5O2. The lowest BCUT2D eigenvalue weighted by atomic mass is 10.0. The summed E-state index contributed by atoms with van der Waals surface area (Å²) >= 11 is 0. The molecule has 1 aromatic carbocycles. The zero-order valence-corrected chi connectivity index (χ0v) is 14.5. The Labute approximate surface area is 142 Å². The van der Waals surface area contributed by atoms with E-state index in [0.29, 0.717) is 12.2 Å². The molecule has 1 heterocycles. The number of nitrogens with zero attached hydrogens (tertiary/aromatic N) is 4. The second kappa shape index (κ2) is 7.93. The quantitative estimate of drug-likeness (QED) is 0.486. The summed E-state index contributed by atoms with van der Waals surface area (Å²) in [5.41, 5.74) is 9.45. The van der Waals surface area contributed by atoms with Crippen LogP contribution in [0.15, 0.2) is 29.4 Å². The molecule has 0 aliphatic carbocycles. The smallest absolute Gasteiger partial charge is 0.410 e. The van der Waals surface area contributed by atoms with E-state index in [0.717, 1.165) is 31.5 Å². The first-order valence-electron chi connectivity index (χ1n) is 8.28. The highest BCUT2D eigenvalue weighted by Gasteiger charge is 2.30. The molecule has 0 radical (unpaired) electrons. The summed E-state index contributed by atoms with van der Waals surface area (Å²) in [4.78, 5) is 17.0. The lowest BCUT2D eigenvalue weighted by Gasteiger charge is -2.37. The predicted octanol–water partition coefficient (Wildman–Crippen LogP) is 4.83. The van der Waals surface area contributed by atoms with Crippen LogP contribution in [0.25, 0.3) is 10.4 Å². The van der Waals surface area contributed by atoms with Crippen molar-refractivity contribution in [3.63, 3.8) is 0 Å². The number of hydrogen-bond acceptors (Lipinski definition) is 4. The zero-order valence-electron chi connectivity index (χ0n) is 14.5. The van der Waals surface area contributed by atoms with Gasteiger partial charge >= 0.3 is 6.09 Å². The highest BCUT2D eigenvalue weighted by molar-refractivity contribution is 5.68. The van der Waals surface area contributed by atoms with Crippen molar-refractivity contribution < 1.29 is 9.53 Å². The number of hydrogen-bond donors (Lipinski definition) is 1. The van der Waals surface area contributed by atoms with Gasteiger partial charge in [0.2, 0.25) is 0 Å². The number of carbonyl (C=O) groups excluding carboxylic acids is 1. The minimum absolute atomic E-state index is 0.116. The predicted molar refractivity (Wildman–Crippen MR) is 94.3 cm³/mol. The second-order valence-corrected chi connectivity index (χ2v) is 6.94. The minimum Gasteiger partial charge on any atom is -0.444 e. The van der Waals surface area contributed by atoms with Crippen molar-refractivity contribution >= 4 is 17.5 Å². The molecule has 1 unspecified atom stereocenters. The molecule has 0 spiro atoms. The van der Waals surface area contributed by atoms with Crippen molar-refractivity contribution in [1.82, 2.24) is 4.90 Å². The maximum absolute atomic E-state index is 12.4. The molecule has 1 aliphatic heterocycles. The monoisotopic (exact) mass is 331 g/mol. The molecule has 1 N–H and O–H groups in total. The third-order valence-corrected chi connectivity index (χ3v) is 3.82. The number of carbonyl (C=O) groups is 1. The Bertz CT molecular complexity index is 602. The Kier molecular flexibility index (Phi) is 5.93. The molecule has 0 aromatic heterocycles. The van der Waals surface area contributed by atoms with Crippen LogP contribution >= 0.6 is 0 Å². The van der Waals surface area contributed by atoms with Gasteiger partial charge in [0.1, 0.15) is 5.60 Å². The first-order chi connectivity index (χ1) is 11.4. The van der Waals surface area contributed by atoms with E-state index in [1.807, 2.05) is 37.8 Å². The Hall–Kier alpha value is -2.40. The van der Waals surface area contributed by atoms with Gasteiger partial charge in [-0.2, -0.15) is 0 Å². The van der Waals surface area contributed by atoms with E-state index in [2.05, 4.69) is 15.3 Å². The zero-order chi connectivity index (χ0) is 17.6. The summed E-state index contributed by atoms with van der Waals surface area (Å²) in [5, 5.41) is 6.90. The Morgan fingerprint density at radius 1 is 1.38 bits per heavy atom. The fraction of sp³-hybridized carbons (Fsp3) is 0.588. The number of azide groups is 1. The number of ether oxygens (including phenoxy) is 1. The fourth-order valence-corrected chi connectivity index (χ4v) is 2.71. The van der Waals surface area contributed by atoms with Crippen molar-refractivity contribution in [2.45, 2.75) is 51.7 Å². The van der Waals surface area contributed by atoms with Crippen LogP contribution in [0, 0.1) is 0 Å². The van der Waals surface area contributed by atoms with Crippen molar-refractivity contribution in [1.29, 1.82) is 0 Å². The Balaban J connectivity index is 1.95. The van der Waals surface area contributed by atoms with Crippen LogP contribution in [0.1, 0.15) is 40.0 Å². The third-order valence-electron chi connectivity index (χ3n) is 3.82. The average molecular weight is 331 g/mol. The van der Waals surface area contributed by atoms with Gasteiger partial charge in [0.25, 0.3) is 0 Å². The summed E-state index contributed by atoms with van der Waals surface area (Å²) < 4.78 is 5.51. The summed E-state index contributed by atoms with van der Waals surface area (Å²) in [7, 11) is 0. The number of rotatable bonds is 4. The minimum atomic E-state index is -0.483. The normalized spacial score (nSPS) is 17.8. The molecule has 1 atom stereocenters. The first-order valence-corrected chi connectivity index (χ1v) is 8.28. The molecule has 1 amide bonds. The van der Waals surface area contributed by atoms with Gasteiger partial charge < -0.3 is 15.0 Å². The summed E-state index contributed by atoms with van der Waals surface area (Å²) in [6, 6.07) is 7.36. The Morgan fingerprint density at radius 2 is 2.08 bits per heavy atom. The van der Waals surface area contributed by atoms with E-state index < -0.39 is 5.60 Å².